The number of benzene rings is 1. The zero-order valence-electron chi connectivity index (χ0n) is 11.8. The second-order valence-electron chi connectivity index (χ2n) is 5.48. The van der Waals surface area contributed by atoms with Crippen LogP contribution >= 0.6 is 0 Å². The van der Waals surface area contributed by atoms with E-state index in [1.54, 1.807) is 0 Å². The fourth-order valence-electron chi connectivity index (χ4n) is 3.29. The number of nitrogens with one attached hydrogen (secondary N) is 1. The molecule has 0 aromatic heterocycles. The minimum atomic E-state index is 0.471. The quantitative estimate of drug-likeness (QED) is 0.903. The zero-order chi connectivity index (χ0) is 13.1. The third-order valence-corrected chi connectivity index (χ3v) is 4.31. The van der Waals surface area contributed by atoms with Gasteiger partial charge >= 0.3 is 0 Å². The molecule has 2 heterocycles. The van der Waals surface area contributed by atoms with E-state index in [9.17, 15) is 0 Å². The summed E-state index contributed by atoms with van der Waals surface area (Å²) in [5.74, 6) is 0. The molecule has 104 valence electrons. The Bertz CT molecular complexity index is 425. The van der Waals surface area contributed by atoms with Crippen molar-refractivity contribution in [1.82, 2.24) is 5.32 Å². The maximum atomic E-state index is 5.74. The van der Waals surface area contributed by atoms with E-state index in [2.05, 4.69) is 35.3 Å². The lowest BCUT2D eigenvalue weighted by Crippen LogP contribution is -2.38. The van der Waals surface area contributed by atoms with Gasteiger partial charge in [-0.15, -0.1) is 0 Å². The van der Waals surface area contributed by atoms with Crippen molar-refractivity contribution in [2.75, 3.05) is 31.1 Å². The third-order valence-electron chi connectivity index (χ3n) is 4.31. The first kappa shape index (κ1) is 12.9. The molecule has 0 saturated carbocycles. The van der Waals surface area contributed by atoms with Gasteiger partial charge in [0.1, 0.15) is 0 Å². The largest absolute Gasteiger partial charge is 0.378 e. The van der Waals surface area contributed by atoms with Crippen molar-refractivity contribution in [2.45, 2.75) is 38.8 Å². The maximum absolute atomic E-state index is 5.74. The monoisotopic (exact) mass is 260 g/mol. The molecule has 1 saturated heterocycles. The smallest absolute Gasteiger partial charge is 0.0608 e. The van der Waals surface area contributed by atoms with Gasteiger partial charge in [0.25, 0.3) is 0 Å². The van der Waals surface area contributed by atoms with E-state index >= 15 is 0 Å². The molecule has 3 rings (SSSR count). The van der Waals surface area contributed by atoms with Crippen LogP contribution in [0.2, 0.25) is 0 Å². The molecule has 3 nitrogen and oxygen atoms in total. The number of nitrogens with zero attached hydrogens (tertiary/aromatic N) is 1. The third kappa shape index (κ3) is 2.77. The first-order valence-corrected chi connectivity index (χ1v) is 7.56. The van der Waals surface area contributed by atoms with Crippen LogP contribution in [0.15, 0.2) is 18.2 Å². The molecule has 0 amide bonds. The van der Waals surface area contributed by atoms with Gasteiger partial charge in [-0.1, -0.05) is 12.1 Å². The second kappa shape index (κ2) is 5.93. The van der Waals surface area contributed by atoms with Crippen LogP contribution in [0.25, 0.3) is 0 Å². The van der Waals surface area contributed by atoms with Crippen molar-refractivity contribution in [3.8, 4) is 0 Å². The summed E-state index contributed by atoms with van der Waals surface area (Å²) in [5.41, 5.74) is 4.49. The Balaban J connectivity index is 1.73. The van der Waals surface area contributed by atoms with Crippen molar-refractivity contribution in [2.24, 2.45) is 0 Å². The van der Waals surface area contributed by atoms with E-state index in [4.69, 9.17) is 4.74 Å². The number of fused-ring (bicyclic) bond motifs is 1. The average Bonchev–Trinajstić information content (AvgIpc) is 2.48. The highest BCUT2D eigenvalue weighted by molar-refractivity contribution is 5.57. The molecular formula is C16H24N2O. The fourth-order valence-corrected chi connectivity index (χ4v) is 3.29. The van der Waals surface area contributed by atoms with Crippen molar-refractivity contribution in [3.05, 3.63) is 29.3 Å². The molecule has 0 aliphatic carbocycles. The van der Waals surface area contributed by atoms with E-state index < -0.39 is 0 Å². The second-order valence-corrected chi connectivity index (χ2v) is 5.48. The van der Waals surface area contributed by atoms with Crippen LogP contribution in [-0.2, 0) is 17.7 Å². The normalized spacial score (nSPS) is 20.4. The first-order valence-electron chi connectivity index (χ1n) is 7.56. The lowest BCUT2D eigenvalue weighted by Gasteiger charge is -2.35. The van der Waals surface area contributed by atoms with E-state index in [0.717, 1.165) is 45.6 Å². The molecule has 0 bridgehead atoms. The van der Waals surface area contributed by atoms with E-state index in [0.29, 0.717) is 6.10 Å². The molecule has 1 fully saturated rings. The van der Waals surface area contributed by atoms with Gasteiger partial charge in [0, 0.05) is 31.9 Å². The molecule has 0 atom stereocenters. The van der Waals surface area contributed by atoms with Gasteiger partial charge in [0.05, 0.1) is 6.10 Å². The number of hydrogen-bond donors (Lipinski definition) is 1. The predicted molar refractivity (Wildman–Crippen MR) is 78.7 cm³/mol. The van der Waals surface area contributed by atoms with Crippen LogP contribution in [0.4, 0.5) is 5.69 Å². The van der Waals surface area contributed by atoms with Gasteiger partial charge in [0.15, 0.2) is 0 Å². The van der Waals surface area contributed by atoms with Crippen LogP contribution in [0.5, 0.6) is 0 Å². The van der Waals surface area contributed by atoms with E-state index in [1.807, 2.05) is 0 Å². The Labute approximate surface area is 115 Å². The van der Waals surface area contributed by atoms with Crippen molar-refractivity contribution in [1.29, 1.82) is 0 Å². The van der Waals surface area contributed by atoms with Crippen LogP contribution in [0.3, 0.4) is 0 Å². The van der Waals surface area contributed by atoms with E-state index in [-0.39, 0.29) is 0 Å². The van der Waals surface area contributed by atoms with Crippen molar-refractivity contribution < 1.29 is 4.74 Å². The first-order chi connectivity index (χ1) is 9.38. The summed E-state index contributed by atoms with van der Waals surface area (Å²) in [6.45, 7) is 7.32. The van der Waals surface area contributed by atoms with Gasteiger partial charge in [-0.25, -0.2) is 0 Å². The molecule has 0 spiro atoms. The van der Waals surface area contributed by atoms with E-state index in [1.165, 1.54) is 23.2 Å². The lowest BCUT2D eigenvalue weighted by atomic mass is 9.97. The van der Waals surface area contributed by atoms with Crippen molar-refractivity contribution >= 4 is 5.69 Å². The highest BCUT2D eigenvalue weighted by atomic mass is 16.5. The summed E-state index contributed by atoms with van der Waals surface area (Å²) in [5, 5.41) is 3.50. The summed E-state index contributed by atoms with van der Waals surface area (Å²) in [6.07, 6.45) is 3.95. The maximum Gasteiger partial charge on any atom is 0.0608 e. The average molecular weight is 260 g/mol. The van der Waals surface area contributed by atoms with Crippen LogP contribution in [-0.4, -0.2) is 32.3 Å². The molecule has 19 heavy (non-hydrogen) atoms. The SMILES string of the molecule is CCOC1CCN(c2cccc3c2CNCC3)CC1. The zero-order valence-corrected chi connectivity index (χ0v) is 11.8. The minimum absolute atomic E-state index is 0.471. The molecule has 0 unspecified atom stereocenters. The Morgan fingerprint density at radius 1 is 1.32 bits per heavy atom. The van der Waals surface area contributed by atoms with Gasteiger partial charge in [-0.3, -0.25) is 0 Å². The van der Waals surface area contributed by atoms with Crippen LogP contribution in [0.1, 0.15) is 30.9 Å². The van der Waals surface area contributed by atoms with Gasteiger partial charge in [-0.2, -0.15) is 0 Å². The van der Waals surface area contributed by atoms with Crippen LogP contribution < -0.4 is 10.2 Å². The minimum Gasteiger partial charge on any atom is -0.378 e. The van der Waals surface area contributed by atoms with Gasteiger partial charge in [-0.05, 0) is 49.9 Å². The topological polar surface area (TPSA) is 24.5 Å². The molecule has 1 aromatic rings. The number of ether oxygens (including phenoxy) is 1. The Kier molecular flexibility index (Phi) is 4.04. The Morgan fingerprint density at radius 2 is 2.16 bits per heavy atom. The standard InChI is InChI=1S/C16H24N2O/c1-2-19-14-7-10-18(11-8-14)16-5-3-4-13-6-9-17-12-15(13)16/h3-5,14,17H,2,6-12H2,1H3. The van der Waals surface area contributed by atoms with Gasteiger partial charge < -0.3 is 15.0 Å². The van der Waals surface area contributed by atoms with Gasteiger partial charge in [0.2, 0.25) is 0 Å². The Morgan fingerprint density at radius 3 is 2.95 bits per heavy atom. The summed E-state index contributed by atoms with van der Waals surface area (Å²) < 4.78 is 5.74. The molecule has 1 N–H and O–H groups in total. The molecule has 2 aliphatic heterocycles. The number of anilines is 1. The molecule has 0 radical (unpaired) electrons. The fraction of sp³-hybridized carbons (Fsp3) is 0.625. The number of hydrogen-bond acceptors (Lipinski definition) is 3. The lowest BCUT2D eigenvalue weighted by molar-refractivity contribution is 0.0459. The van der Waals surface area contributed by atoms with Crippen molar-refractivity contribution in [3.63, 3.8) is 0 Å². The summed E-state index contributed by atoms with van der Waals surface area (Å²) in [4.78, 5) is 2.54. The predicted octanol–water partition coefficient (Wildman–Crippen LogP) is 2.34. The van der Waals surface area contributed by atoms with Crippen LogP contribution in [0, 0.1) is 0 Å². The summed E-state index contributed by atoms with van der Waals surface area (Å²) in [7, 11) is 0. The number of piperidine rings is 1. The molecule has 1 aromatic carbocycles. The highest BCUT2D eigenvalue weighted by Crippen LogP contribution is 2.29. The summed E-state index contributed by atoms with van der Waals surface area (Å²) >= 11 is 0. The summed E-state index contributed by atoms with van der Waals surface area (Å²) in [6, 6.07) is 6.79. The molecule has 2 aliphatic rings. The molecular weight excluding hydrogens is 236 g/mol. The highest BCUT2D eigenvalue weighted by Gasteiger charge is 2.22. The Hall–Kier alpha value is -1.06. The number of rotatable bonds is 3. The molecule has 3 heteroatoms.